The second-order valence-corrected chi connectivity index (χ2v) is 9.13. The Bertz CT molecular complexity index is 1300. The monoisotopic (exact) mass is 424 g/mol. The van der Waals surface area contributed by atoms with Gasteiger partial charge in [0.1, 0.15) is 5.69 Å². The van der Waals surface area contributed by atoms with E-state index < -0.39 is 11.1 Å². The Morgan fingerprint density at radius 1 is 0.938 bits per heavy atom. The van der Waals surface area contributed by atoms with E-state index in [4.69, 9.17) is 15.5 Å². The average molecular weight is 425 g/mol. The number of aliphatic hydroxyl groups is 1. The molecule has 6 nitrogen and oxygen atoms in total. The zero-order chi connectivity index (χ0) is 21.9. The third kappa shape index (κ3) is 2.95. The van der Waals surface area contributed by atoms with Gasteiger partial charge in [-0.25, -0.2) is 9.97 Å². The predicted octanol–water partition coefficient (Wildman–Crippen LogP) is 4.33. The summed E-state index contributed by atoms with van der Waals surface area (Å²) in [5.74, 6) is 1.55. The number of nitrogens with zero attached hydrogens (tertiary/aromatic N) is 3. The lowest BCUT2D eigenvalue weighted by Gasteiger charge is -2.49. The molecular formula is C26H24N4O2. The summed E-state index contributed by atoms with van der Waals surface area (Å²) in [6.45, 7) is 2.21. The quantitative estimate of drug-likeness (QED) is 0.511. The lowest BCUT2D eigenvalue weighted by molar-refractivity contribution is -0.0738. The zero-order valence-corrected chi connectivity index (χ0v) is 17.8. The molecule has 4 aromatic rings. The smallest absolute Gasteiger partial charge is 0.167 e. The molecule has 1 aliphatic heterocycles. The van der Waals surface area contributed by atoms with Crippen LogP contribution in [0, 0.1) is 0 Å². The molecule has 1 saturated carbocycles. The molecular weight excluding hydrogens is 400 g/mol. The lowest BCUT2D eigenvalue weighted by atomic mass is 9.63. The minimum Gasteiger partial charge on any atom is -0.470 e. The minimum atomic E-state index is -0.683. The van der Waals surface area contributed by atoms with Crippen molar-refractivity contribution in [2.45, 2.75) is 37.6 Å². The van der Waals surface area contributed by atoms with Gasteiger partial charge in [-0.3, -0.25) is 4.57 Å². The molecule has 2 aromatic carbocycles. The Kier molecular flexibility index (Phi) is 4.06. The molecule has 2 aromatic heterocycles. The van der Waals surface area contributed by atoms with Crippen LogP contribution < -0.4 is 10.5 Å². The molecule has 2 aliphatic rings. The molecule has 1 fully saturated rings. The molecule has 0 spiro atoms. The van der Waals surface area contributed by atoms with E-state index in [-0.39, 0.29) is 0 Å². The maximum atomic E-state index is 10.2. The van der Waals surface area contributed by atoms with Gasteiger partial charge in [0.05, 0.1) is 17.0 Å². The van der Waals surface area contributed by atoms with E-state index in [9.17, 15) is 5.11 Å². The van der Waals surface area contributed by atoms with Crippen LogP contribution in [-0.4, -0.2) is 25.2 Å². The first kappa shape index (κ1) is 19.2. The fraction of sp³-hybridized carbons (Fsp3) is 0.231. The summed E-state index contributed by atoms with van der Waals surface area (Å²) in [4.78, 5) is 9.57. The Hall–Kier alpha value is -3.48. The number of imidazole rings is 1. The summed E-state index contributed by atoms with van der Waals surface area (Å²) >= 11 is 0. The van der Waals surface area contributed by atoms with Crippen LogP contribution in [0.5, 0.6) is 5.75 Å². The molecule has 0 radical (unpaired) electrons. The van der Waals surface area contributed by atoms with Crippen LogP contribution in [0.15, 0.2) is 72.9 Å². The summed E-state index contributed by atoms with van der Waals surface area (Å²) in [6, 6.07) is 22.3. The van der Waals surface area contributed by atoms with Gasteiger partial charge < -0.3 is 15.6 Å². The highest BCUT2D eigenvalue weighted by molar-refractivity contribution is 5.83. The van der Waals surface area contributed by atoms with Crippen molar-refractivity contribution in [2.24, 2.45) is 5.73 Å². The van der Waals surface area contributed by atoms with Crippen LogP contribution in [0.25, 0.3) is 34.0 Å². The normalized spacial score (nSPS) is 23.6. The number of hydrogen-bond donors (Lipinski definition) is 2. The molecule has 32 heavy (non-hydrogen) atoms. The van der Waals surface area contributed by atoms with Crippen molar-refractivity contribution in [3.8, 4) is 39.8 Å². The van der Waals surface area contributed by atoms with Gasteiger partial charge in [-0.2, -0.15) is 0 Å². The molecule has 6 rings (SSSR count). The average Bonchev–Trinajstić information content (AvgIpc) is 3.18. The SMILES string of the molecule is C[C@]1(O)C[C@@](N)(c2ccc(-c3nc4n(c3-c3ccccc3)COc3cccnc3-4)cc2)C1. The number of aromatic nitrogens is 3. The van der Waals surface area contributed by atoms with Crippen LogP contribution in [-0.2, 0) is 12.3 Å². The topological polar surface area (TPSA) is 86.2 Å². The molecule has 3 heterocycles. The van der Waals surface area contributed by atoms with E-state index in [2.05, 4.69) is 45.9 Å². The van der Waals surface area contributed by atoms with Crippen LogP contribution in [0.1, 0.15) is 25.3 Å². The highest BCUT2D eigenvalue weighted by atomic mass is 16.5. The number of ether oxygens (including phenoxy) is 1. The van der Waals surface area contributed by atoms with E-state index >= 15 is 0 Å². The molecule has 0 saturated heterocycles. The number of nitrogens with two attached hydrogens (primary N) is 1. The van der Waals surface area contributed by atoms with Crippen molar-refractivity contribution in [3.05, 3.63) is 78.5 Å². The van der Waals surface area contributed by atoms with Gasteiger partial charge in [0.2, 0.25) is 0 Å². The third-order valence-corrected chi connectivity index (χ3v) is 6.47. The van der Waals surface area contributed by atoms with Crippen LogP contribution >= 0.6 is 0 Å². The Morgan fingerprint density at radius 2 is 1.69 bits per heavy atom. The lowest BCUT2D eigenvalue weighted by Crippen LogP contribution is -2.58. The molecule has 6 heteroatoms. The van der Waals surface area contributed by atoms with E-state index in [1.165, 1.54) is 0 Å². The number of rotatable bonds is 3. The van der Waals surface area contributed by atoms with Gasteiger partial charge in [0.25, 0.3) is 0 Å². The summed E-state index contributed by atoms with van der Waals surface area (Å²) in [7, 11) is 0. The van der Waals surface area contributed by atoms with Gasteiger partial charge in [-0.1, -0.05) is 54.6 Å². The van der Waals surface area contributed by atoms with Crippen molar-refractivity contribution in [3.63, 3.8) is 0 Å². The maximum Gasteiger partial charge on any atom is 0.167 e. The second-order valence-electron chi connectivity index (χ2n) is 9.13. The summed E-state index contributed by atoms with van der Waals surface area (Å²) < 4.78 is 8.07. The van der Waals surface area contributed by atoms with Crippen LogP contribution in [0.4, 0.5) is 0 Å². The number of benzene rings is 2. The first-order valence-corrected chi connectivity index (χ1v) is 10.8. The summed E-state index contributed by atoms with van der Waals surface area (Å²) in [5.41, 5.74) is 11.1. The van der Waals surface area contributed by atoms with E-state index in [0.29, 0.717) is 19.6 Å². The number of fused-ring (bicyclic) bond motifs is 3. The largest absolute Gasteiger partial charge is 0.470 e. The van der Waals surface area contributed by atoms with E-state index in [0.717, 1.165) is 45.3 Å². The first-order chi connectivity index (χ1) is 15.4. The fourth-order valence-corrected chi connectivity index (χ4v) is 5.13. The molecule has 1 aliphatic carbocycles. The highest BCUT2D eigenvalue weighted by Crippen LogP contribution is 2.47. The van der Waals surface area contributed by atoms with Crippen molar-refractivity contribution < 1.29 is 9.84 Å². The highest BCUT2D eigenvalue weighted by Gasteiger charge is 2.49. The molecule has 0 unspecified atom stereocenters. The maximum absolute atomic E-state index is 10.2. The van der Waals surface area contributed by atoms with Crippen LogP contribution in [0.3, 0.4) is 0 Å². The van der Waals surface area contributed by atoms with Gasteiger partial charge >= 0.3 is 0 Å². The number of pyridine rings is 1. The molecule has 0 bridgehead atoms. The summed E-state index contributed by atoms with van der Waals surface area (Å²) in [5, 5.41) is 10.2. The van der Waals surface area contributed by atoms with E-state index in [1.54, 1.807) is 6.20 Å². The fourth-order valence-electron chi connectivity index (χ4n) is 5.13. The third-order valence-electron chi connectivity index (χ3n) is 6.47. The molecule has 0 atom stereocenters. The van der Waals surface area contributed by atoms with Crippen molar-refractivity contribution in [1.82, 2.24) is 14.5 Å². The Labute approximate surface area is 186 Å². The van der Waals surface area contributed by atoms with Crippen LogP contribution in [0.2, 0.25) is 0 Å². The number of hydrogen-bond acceptors (Lipinski definition) is 5. The van der Waals surface area contributed by atoms with Gasteiger partial charge in [-0.05, 0) is 37.5 Å². The molecule has 0 amide bonds. The zero-order valence-electron chi connectivity index (χ0n) is 17.8. The Morgan fingerprint density at radius 3 is 2.41 bits per heavy atom. The second kappa shape index (κ2) is 6.76. The van der Waals surface area contributed by atoms with Crippen molar-refractivity contribution >= 4 is 0 Å². The van der Waals surface area contributed by atoms with Gasteiger partial charge in [0.15, 0.2) is 18.3 Å². The van der Waals surface area contributed by atoms with Gasteiger partial charge in [-0.15, -0.1) is 0 Å². The molecule has 160 valence electrons. The minimum absolute atomic E-state index is 0.379. The Balaban J connectivity index is 1.48. The summed E-state index contributed by atoms with van der Waals surface area (Å²) in [6.07, 6.45) is 2.89. The van der Waals surface area contributed by atoms with E-state index in [1.807, 2.05) is 37.3 Å². The van der Waals surface area contributed by atoms with Gasteiger partial charge in [0, 0.05) is 22.9 Å². The standard InChI is InChI=1S/C26H24N4O2/c1-25(31)14-26(27,15-25)19-11-9-17(10-12-19)21-23(18-6-3-2-4-7-18)30-16-32-20-8-5-13-28-22(20)24(30)29-21/h2-13,31H,14-16,27H2,1H3/t25-,26-. The van der Waals surface area contributed by atoms with Crippen molar-refractivity contribution in [2.75, 3.05) is 0 Å². The first-order valence-electron chi connectivity index (χ1n) is 10.8. The predicted molar refractivity (Wildman–Crippen MR) is 123 cm³/mol. The van der Waals surface area contributed by atoms with Crippen molar-refractivity contribution in [1.29, 1.82) is 0 Å². The molecule has 3 N–H and O–H groups in total.